The molecule has 0 spiro atoms. The first-order valence-electron chi connectivity index (χ1n) is 5.23. The maximum absolute atomic E-state index is 11.8. The van der Waals surface area contributed by atoms with Gasteiger partial charge in [0.2, 0.25) is 0 Å². The van der Waals surface area contributed by atoms with E-state index in [1.165, 1.54) is 22.3 Å². The summed E-state index contributed by atoms with van der Waals surface area (Å²) < 4.78 is 6.33. The third-order valence-electron chi connectivity index (χ3n) is 2.27. The van der Waals surface area contributed by atoms with Gasteiger partial charge in [0, 0.05) is 10.4 Å². The van der Waals surface area contributed by atoms with Crippen molar-refractivity contribution in [2.75, 3.05) is 6.61 Å². The minimum atomic E-state index is -0.524. The number of rotatable bonds is 4. The van der Waals surface area contributed by atoms with Gasteiger partial charge in [-0.05, 0) is 24.3 Å². The lowest BCUT2D eigenvalue weighted by Crippen LogP contribution is -2.13. The lowest BCUT2D eigenvalue weighted by molar-refractivity contribution is 0.0558. The van der Waals surface area contributed by atoms with E-state index in [1.807, 2.05) is 0 Å². The highest BCUT2D eigenvalue weighted by atomic mass is 35.5. The van der Waals surface area contributed by atoms with Gasteiger partial charge in [0.1, 0.15) is 6.61 Å². The summed E-state index contributed by atoms with van der Waals surface area (Å²) in [5.74, 6) is -0.524. The Kier molecular flexibility index (Phi) is 4.52. The van der Waals surface area contributed by atoms with Gasteiger partial charge in [0.15, 0.2) is 5.69 Å². The normalized spacial score (nSPS) is 10.2. The molecule has 0 aliphatic heterocycles. The molecule has 0 N–H and O–H groups in total. The van der Waals surface area contributed by atoms with Crippen LogP contribution in [0.5, 0.6) is 0 Å². The summed E-state index contributed by atoms with van der Waals surface area (Å²) in [7, 11) is 0. The number of hydrogen-bond donors (Lipinski definition) is 0. The third kappa shape index (κ3) is 3.12. The topological polar surface area (TPSA) is 44.1 Å². The van der Waals surface area contributed by atoms with Gasteiger partial charge in [-0.1, -0.05) is 35.4 Å². The number of hydrogen-bond acceptors (Lipinski definition) is 4. The van der Waals surface area contributed by atoms with E-state index in [2.05, 4.69) is 17.3 Å². The maximum atomic E-state index is 11.8. The van der Waals surface area contributed by atoms with E-state index in [4.69, 9.17) is 27.9 Å². The minimum absolute atomic E-state index is 0.0632. The molecule has 0 unspecified atom stereocenters. The average Bonchev–Trinajstić information content (AvgIpc) is 2.85. The van der Waals surface area contributed by atoms with Gasteiger partial charge in [0.25, 0.3) is 0 Å². The van der Waals surface area contributed by atoms with E-state index in [1.54, 1.807) is 18.2 Å². The van der Waals surface area contributed by atoms with Crippen LogP contribution in [0, 0.1) is 0 Å². The molecule has 1 aromatic heterocycles. The van der Waals surface area contributed by atoms with Gasteiger partial charge in [-0.2, -0.15) is 5.10 Å². The Hall–Kier alpha value is -1.43. The fourth-order valence-electron chi connectivity index (χ4n) is 1.49. The van der Waals surface area contributed by atoms with Crippen molar-refractivity contribution in [2.24, 2.45) is 0 Å². The van der Waals surface area contributed by atoms with Crippen molar-refractivity contribution in [3.05, 3.63) is 46.2 Å². The molecule has 0 atom stereocenters. The molecule has 19 heavy (non-hydrogen) atoms. The summed E-state index contributed by atoms with van der Waals surface area (Å²) in [4.78, 5) is 11.8. The van der Waals surface area contributed by atoms with Crippen LogP contribution in [-0.2, 0) is 4.74 Å². The molecule has 0 radical (unpaired) electrons. The largest absolute Gasteiger partial charge is 0.456 e. The number of carbonyl (C=O) groups excluding carboxylic acids is 1. The van der Waals surface area contributed by atoms with Crippen molar-refractivity contribution in [2.45, 2.75) is 0 Å². The highest BCUT2D eigenvalue weighted by Gasteiger charge is 2.16. The Morgan fingerprint density at radius 1 is 1.42 bits per heavy atom. The van der Waals surface area contributed by atoms with Crippen molar-refractivity contribution in [1.29, 1.82) is 0 Å². The molecule has 4 nitrogen and oxygen atoms in total. The van der Waals surface area contributed by atoms with E-state index in [9.17, 15) is 4.79 Å². The number of aromatic nitrogens is 2. The van der Waals surface area contributed by atoms with Gasteiger partial charge in [-0.15, -0.1) is 0 Å². The minimum Gasteiger partial charge on any atom is -0.456 e. The molecule has 2 rings (SSSR count). The number of halogens is 2. The Bertz CT molecular complexity index is 628. The number of esters is 1. The Morgan fingerprint density at radius 2 is 2.21 bits per heavy atom. The average molecular weight is 315 g/mol. The molecule has 0 aliphatic carbocycles. The summed E-state index contributed by atoms with van der Waals surface area (Å²) in [6.07, 6.45) is 1.49. The van der Waals surface area contributed by atoms with Crippen LogP contribution >= 0.6 is 35.4 Å². The van der Waals surface area contributed by atoms with E-state index in [-0.39, 0.29) is 12.3 Å². The van der Waals surface area contributed by atoms with Crippen molar-refractivity contribution in [3.8, 4) is 5.69 Å². The van der Waals surface area contributed by atoms with Crippen LogP contribution < -0.4 is 0 Å². The zero-order valence-corrected chi connectivity index (χ0v) is 11.9. The zero-order chi connectivity index (χ0) is 13.8. The van der Waals surface area contributed by atoms with Crippen LogP contribution in [0.15, 0.2) is 30.5 Å². The first kappa shape index (κ1) is 14.0. The fraction of sp³-hybridized carbons (Fsp3) is 0.0833. The first-order valence-corrected chi connectivity index (χ1v) is 6.46. The summed E-state index contributed by atoms with van der Waals surface area (Å²) in [6.45, 7) is 0.0632. The smallest absolute Gasteiger partial charge is 0.357 e. The summed E-state index contributed by atoms with van der Waals surface area (Å²) in [6, 6.07) is 6.45. The molecule has 0 amide bonds. The van der Waals surface area contributed by atoms with E-state index < -0.39 is 5.97 Å². The number of ether oxygens (including phenoxy) is 1. The molecule has 7 heteroatoms. The predicted molar refractivity (Wildman–Crippen MR) is 77.5 cm³/mol. The van der Waals surface area contributed by atoms with Crippen molar-refractivity contribution < 1.29 is 9.53 Å². The standard InChI is InChI=1S/C12H8Cl2N2O2S/c13-8-1-2-10(9(14)7-8)16-11(3-4-15-16)12(17)18-5-6-19/h1-4,6-7H,5H2. The molecule has 1 aromatic carbocycles. The predicted octanol–water partition coefficient (Wildman–Crippen LogP) is 3.34. The Labute approximate surface area is 124 Å². The van der Waals surface area contributed by atoms with Gasteiger partial charge in [-0.3, -0.25) is 0 Å². The van der Waals surface area contributed by atoms with Crippen molar-refractivity contribution in [1.82, 2.24) is 9.78 Å². The summed E-state index contributed by atoms with van der Waals surface area (Å²) >= 11 is 16.5. The molecule has 0 aliphatic rings. The molecular weight excluding hydrogens is 307 g/mol. The quantitative estimate of drug-likeness (QED) is 0.641. The second-order valence-corrected chi connectivity index (χ2v) is 4.67. The van der Waals surface area contributed by atoms with Gasteiger partial charge in [-0.25, -0.2) is 9.48 Å². The molecule has 0 fully saturated rings. The summed E-state index contributed by atoms with van der Waals surface area (Å²) in [5, 5.41) is 6.28. The molecule has 0 saturated heterocycles. The zero-order valence-electron chi connectivity index (χ0n) is 9.55. The molecular formula is C12H8Cl2N2O2S. The number of nitrogens with zero attached hydrogens (tertiary/aromatic N) is 2. The van der Waals surface area contributed by atoms with Crippen LogP contribution in [0.3, 0.4) is 0 Å². The molecule has 0 saturated carbocycles. The third-order valence-corrected chi connectivity index (χ3v) is 2.95. The highest BCUT2D eigenvalue weighted by Crippen LogP contribution is 2.25. The highest BCUT2D eigenvalue weighted by molar-refractivity contribution is 7.79. The van der Waals surface area contributed by atoms with Gasteiger partial charge >= 0.3 is 5.97 Å². The van der Waals surface area contributed by atoms with E-state index in [0.29, 0.717) is 15.7 Å². The Morgan fingerprint density at radius 3 is 2.89 bits per heavy atom. The van der Waals surface area contributed by atoms with E-state index >= 15 is 0 Å². The van der Waals surface area contributed by atoms with Crippen LogP contribution in [0.1, 0.15) is 10.5 Å². The van der Waals surface area contributed by atoms with Gasteiger partial charge < -0.3 is 4.74 Å². The second kappa shape index (κ2) is 6.14. The summed E-state index contributed by atoms with van der Waals surface area (Å²) in [5.41, 5.74) is 0.812. The van der Waals surface area contributed by atoms with E-state index in [0.717, 1.165) is 0 Å². The SMILES string of the molecule is O=C(OCC=S)c1ccnn1-c1ccc(Cl)cc1Cl. The molecule has 0 bridgehead atoms. The lowest BCUT2D eigenvalue weighted by atomic mass is 10.3. The van der Waals surface area contributed by atoms with Crippen molar-refractivity contribution >= 4 is 46.8 Å². The Balaban J connectivity index is 2.38. The van der Waals surface area contributed by atoms with Crippen LogP contribution in [0.4, 0.5) is 0 Å². The number of benzene rings is 1. The molecule has 98 valence electrons. The van der Waals surface area contributed by atoms with Gasteiger partial charge in [0.05, 0.1) is 16.9 Å². The van der Waals surface area contributed by atoms with Crippen LogP contribution in [0.2, 0.25) is 10.0 Å². The molecule has 1 heterocycles. The number of carbonyl (C=O) groups is 1. The second-order valence-electron chi connectivity index (χ2n) is 3.49. The van der Waals surface area contributed by atoms with Crippen LogP contribution in [0.25, 0.3) is 5.69 Å². The van der Waals surface area contributed by atoms with Crippen LogP contribution in [-0.4, -0.2) is 27.7 Å². The molecule has 2 aromatic rings. The number of thiocarbonyl (C=S) groups is 1. The van der Waals surface area contributed by atoms with Crippen molar-refractivity contribution in [3.63, 3.8) is 0 Å². The lowest BCUT2D eigenvalue weighted by Gasteiger charge is -2.08. The monoisotopic (exact) mass is 314 g/mol. The first-order chi connectivity index (χ1) is 9.13. The fourth-order valence-corrected chi connectivity index (χ4v) is 2.04. The maximum Gasteiger partial charge on any atom is 0.357 e.